The van der Waals surface area contributed by atoms with Crippen LogP contribution in [0.3, 0.4) is 0 Å². The molecule has 9 aromatic rings. The molecule has 4 heteroatoms. The maximum absolute atomic E-state index is 6.47. The molecule has 0 saturated heterocycles. The molecule has 1 aliphatic rings. The SMILES string of the molecule is CC1(C)c2ccccc2-c2cc(-c3ccc4c(c3)oc3ccc(-c5nc(-c6ccccc6)nc(-c6ccc(-c7ccccc7)cc6)n5)cc34)ccc21. The van der Waals surface area contributed by atoms with Gasteiger partial charge in [0.25, 0.3) is 0 Å². The summed E-state index contributed by atoms with van der Waals surface area (Å²) in [6.45, 7) is 4.63. The highest BCUT2D eigenvalue weighted by Crippen LogP contribution is 2.49. The van der Waals surface area contributed by atoms with Gasteiger partial charge in [0.15, 0.2) is 17.5 Å². The summed E-state index contributed by atoms with van der Waals surface area (Å²) in [6, 6.07) is 57.3. The van der Waals surface area contributed by atoms with Crippen molar-refractivity contribution in [3.63, 3.8) is 0 Å². The zero-order valence-corrected chi connectivity index (χ0v) is 28.8. The van der Waals surface area contributed by atoms with E-state index in [1.165, 1.54) is 33.4 Å². The fourth-order valence-electron chi connectivity index (χ4n) is 7.79. The molecule has 0 saturated carbocycles. The van der Waals surface area contributed by atoms with E-state index >= 15 is 0 Å². The lowest BCUT2D eigenvalue weighted by atomic mass is 9.82. The van der Waals surface area contributed by atoms with Crippen molar-refractivity contribution in [2.75, 3.05) is 0 Å². The van der Waals surface area contributed by atoms with Crippen LogP contribution in [0.4, 0.5) is 0 Å². The molecule has 4 nitrogen and oxygen atoms in total. The molecule has 7 aromatic carbocycles. The van der Waals surface area contributed by atoms with Gasteiger partial charge >= 0.3 is 0 Å². The van der Waals surface area contributed by atoms with Crippen LogP contribution in [-0.2, 0) is 5.41 Å². The smallest absolute Gasteiger partial charge is 0.164 e. The van der Waals surface area contributed by atoms with Gasteiger partial charge in [0.2, 0.25) is 0 Å². The van der Waals surface area contributed by atoms with Crippen LogP contribution in [0.15, 0.2) is 168 Å². The Labute approximate surface area is 302 Å². The number of aromatic nitrogens is 3. The Hall–Kier alpha value is -6.65. The van der Waals surface area contributed by atoms with Gasteiger partial charge in [0.1, 0.15) is 11.2 Å². The number of hydrogen-bond donors (Lipinski definition) is 0. The normalized spacial score (nSPS) is 13.0. The first-order valence-corrected chi connectivity index (χ1v) is 17.7. The first-order chi connectivity index (χ1) is 25.5. The van der Waals surface area contributed by atoms with Crippen molar-refractivity contribution >= 4 is 21.9 Å². The van der Waals surface area contributed by atoms with Crippen LogP contribution in [0.1, 0.15) is 25.0 Å². The van der Waals surface area contributed by atoms with Gasteiger partial charge in [0.05, 0.1) is 0 Å². The minimum absolute atomic E-state index is 0.0149. The first-order valence-electron chi connectivity index (χ1n) is 17.7. The number of nitrogens with zero attached hydrogens (tertiary/aromatic N) is 3. The predicted molar refractivity (Wildman–Crippen MR) is 212 cm³/mol. The van der Waals surface area contributed by atoms with E-state index in [9.17, 15) is 0 Å². The second-order valence-corrected chi connectivity index (χ2v) is 14.1. The summed E-state index contributed by atoms with van der Waals surface area (Å²) in [7, 11) is 0. The van der Waals surface area contributed by atoms with Gasteiger partial charge in [-0.15, -0.1) is 0 Å². The largest absolute Gasteiger partial charge is 0.456 e. The Balaban J connectivity index is 1.04. The van der Waals surface area contributed by atoms with E-state index in [2.05, 4.69) is 129 Å². The molecule has 0 fully saturated rings. The molecule has 0 aliphatic heterocycles. The van der Waals surface area contributed by atoms with E-state index < -0.39 is 0 Å². The Morgan fingerprint density at radius 3 is 1.63 bits per heavy atom. The van der Waals surface area contributed by atoms with Gasteiger partial charge in [-0.1, -0.05) is 141 Å². The predicted octanol–water partition coefficient (Wildman–Crippen LogP) is 12.4. The number of benzene rings is 7. The second kappa shape index (κ2) is 11.7. The second-order valence-electron chi connectivity index (χ2n) is 14.1. The lowest BCUT2D eigenvalue weighted by Gasteiger charge is -2.21. The van der Waals surface area contributed by atoms with Crippen LogP contribution in [0, 0.1) is 0 Å². The maximum atomic E-state index is 6.47. The minimum atomic E-state index is -0.0149. The topological polar surface area (TPSA) is 51.8 Å². The lowest BCUT2D eigenvalue weighted by Crippen LogP contribution is -2.14. The average Bonchev–Trinajstić information content (AvgIpc) is 3.69. The summed E-state index contributed by atoms with van der Waals surface area (Å²) in [5.41, 5.74) is 14.5. The third-order valence-electron chi connectivity index (χ3n) is 10.6. The van der Waals surface area contributed by atoms with Crippen LogP contribution in [-0.4, -0.2) is 15.0 Å². The van der Waals surface area contributed by atoms with Gasteiger partial charge in [-0.05, 0) is 80.9 Å². The molecule has 10 rings (SSSR count). The van der Waals surface area contributed by atoms with Crippen molar-refractivity contribution in [3.05, 3.63) is 175 Å². The number of furan rings is 1. The van der Waals surface area contributed by atoms with Crippen molar-refractivity contribution in [1.29, 1.82) is 0 Å². The minimum Gasteiger partial charge on any atom is -0.456 e. The maximum Gasteiger partial charge on any atom is 0.164 e. The van der Waals surface area contributed by atoms with E-state index in [0.717, 1.165) is 49.8 Å². The average molecular weight is 668 g/mol. The molecule has 246 valence electrons. The Morgan fingerprint density at radius 2 is 0.885 bits per heavy atom. The highest BCUT2D eigenvalue weighted by atomic mass is 16.3. The summed E-state index contributed by atoms with van der Waals surface area (Å²) < 4.78 is 6.47. The molecule has 0 unspecified atom stereocenters. The van der Waals surface area contributed by atoms with Gasteiger partial charge < -0.3 is 4.42 Å². The third kappa shape index (κ3) is 4.95. The van der Waals surface area contributed by atoms with Crippen molar-refractivity contribution in [2.45, 2.75) is 19.3 Å². The number of hydrogen-bond acceptors (Lipinski definition) is 4. The molecular formula is C48H33N3O. The molecule has 0 radical (unpaired) electrons. The van der Waals surface area contributed by atoms with E-state index in [-0.39, 0.29) is 5.41 Å². The van der Waals surface area contributed by atoms with Crippen LogP contribution >= 0.6 is 0 Å². The summed E-state index contributed by atoms with van der Waals surface area (Å²) in [5, 5.41) is 2.08. The zero-order chi connectivity index (χ0) is 34.8. The van der Waals surface area contributed by atoms with Crippen molar-refractivity contribution in [1.82, 2.24) is 15.0 Å². The summed E-state index contributed by atoms with van der Waals surface area (Å²) >= 11 is 0. The molecule has 0 atom stereocenters. The first kappa shape index (κ1) is 30.2. The van der Waals surface area contributed by atoms with Gasteiger partial charge in [0, 0.05) is 32.9 Å². The molecule has 0 spiro atoms. The van der Waals surface area contributed by atoms with Gasteiger partial charge in [-0.25, -0.2) is 15.0 Å². The summed E-state index contributed by atoms with van der Waals surface area (Å²) in [6.07, 6.45) is 0. The van der Waals surface area contributed by atoms with E-state index in [0.29, 0.717) is 17.5 Å². The number of fused-ring (bicyclic) bond motifs is 6. The summed E-state index contributed by atoms with van der Waals surface area (Å²) in [4.78, 5) is 15.0. The molecule has 2 heterocycles. The Morgan fingerprint density at radius 1 is 0.365 bits per heavy atom. The molecule has 2 aromatic heterocycles. The standard InChI is InChI=1S/C48H33N3O/c1-48(2)41-16-10-9-15-37(41)39-27-34(22-25-42(39)48)35-21-24-38-40-28-36(23-26-43(40)52-44(38)29-35)47-50-45(32-13-7-4-8-14-32)49-46(51-47)33-19-17-31(18-20-33)30-11-5-3-6-12-30/h3-29H,1-2H3. The number of rotatable bonds is 5. The van der Waals surface area contributed by atoms with E-state index in [1.54, 1.807) is 0 Å². The Kier molecular flexibility index (Phi) is 6.80. The fraction of sp³-hybridized carbons (Fsp3) is 0.0625. The van der Waals surface area contributed by atoms with Gasteiger partial charge in [-0.3, -0.25) is 0 Å². The highest BCUT2D eigenvalue weighted by molar-refractivity contribution is 6.07. The molecule has 0 bridgehead atoms. The molecule has 1 aliphatic carbocycles. The van der Waals surface area contributed by atoms with Crippen molar-refractivity contribution < 1.29 is 4.42 Å². The quantitative estimate of drug-likeness (QED) is 0.183. The summed E-state index contributed by atoms with van der Waals surface area (Å²) in [5.74, 6) is 1.88. The molecular weight excluding hydrogens is 635 g/mol. The van der Waals surface area contributed by atoms with E-state index in [4.69, 9.17) is 19.4 Å². The third-order valence-corrected chi connectivity index (χ3v) is 10.6. The van der Waals surface area contributed by atoms with Crippen molar-refractivity contribution in [3.8, 4) is 67.5 Å². The molecule has 52 heavy (non-hydrogen) atoms. The van der Waals surface area contributed by atoms with E-state index in [1.807, 2.05) is 48.5 Å². The molecule has 0 N–H and O–H groups in total. The van der Waals surface area contributed by atoms with Crippen LogP contribution in [0.2, 0.25) is 0 Å². The van der Waals surface area contributed by atoms with Crippen LogP contribution in [0.25, 0.3) is 89.5 Å². The Bertz CT molecular complexity index is 2800. The molecule has 0 amide bonds. The van der Waals surface area contributed by atoms with Crippen LogP contribution in [0.5, 0.6) is 0 Å². The van der Waals surface area contributed by atoms with Gasteiger partial charge in [-0.2, -0.15) is 0 Å². The highest BCUT2D eigenvalue weighted by Gasteiger charge is 2.35. The fourth-order valence-corrected chi connectivity index (χ4v) is 7.79. The lowest BCUT2D eigenvalue weighted by molar-refractivity contribution is 0.660. The monoisotopic (exact) mass is 667 g/mol. The van der Waals surface area contributed by atoms with Crippen molar-refractivity contribution in [2.24, 2.45) is 0 Å². The zero-order valence-electron chi connectivity index (χ0n) is 28.8. The van der Waals surface area contributed by atoms with Crippen LogP contribution < -0.4 is 0 Å².